The molecule has 0 radical (unpaired) electrons. The first-order valence-corrected chi connectivity index (χ1v) is 11.3. The van der Waals surface area contributed by atoms with Gasteiger partial charge in [0.1, 0.15) is 11.6 Å². The van der Waals surface area contributed by atoms with E-state index < -0.39 is 5.97 Å². The summed E-state index contributed by atoms with van der Waals surface area (Å²) in [5, 5.41) is 0. The Morgan fingerprint density at radius 2 is 1.84 bits per heavy atom. The van der Waals surface area contributed by atoms with E-state index in [1.165, 1.54) is 11.1 Å². The summed E-state index contributed by atoms with van der Waals surface area (Å²) in [5.74, 6) is -0.249. The van der Waals surface area contributed by atoms with E-state index in [2.05, 4.69) is 27.4 Å². The molecule has 0 bridgehead atoms. The van der Waals surface area contributed by atoms with Gasteiger partial charge in [0.15, 0.2) is 0 Å². The van der Waals surface area contributed by atoms with Gasteiger partial charge in [0.05, 0.1) is 5.56 Å². The van der Waals surface area contributed by atoms with Crippen molar-refractivity contribution >= 4 is 11.8 Å². The number of ether oxygens (including phenoxy) is 1. The van der Waals surface area contributed by atoms with Crippen LogP contribution in [0.4, 0.5) is 4.39 Å². The van der Waals surface area contributed by atoms with E-state index >= 15 is 4.39 Å². The highest BCUT2D eigenvalue weighted by Crippen LogP contribution is 2.46. The number of esters is 1. The van der Waals surface area contributed by atoms with E-state index in [1.54, 1.807) is 37.3 Å². The van der Waals surface area contributed by atoms with Gasteiger partial charge < -0.3 is 4.74 Å². The molecule has 0 spiro atoms. The highest BCUT2D eigenvalue weighted by molar-refractivity contribution is 5.92. The minimum atomic E-state index is -0.451. The summed E-state index contributed by atoms with van der Waals surface area (Å²) in [4.78, 5) is 12.6. The summed E-state index contributed by atoms with van der Waals surface area (Å²) in [6, 6.07) is 14.0. The Morgan fingerprint density at radius 3 is 2.47 bits per heavy atom. The number of rotatable bonds is 6. The smallest absolute Gasteiger partial charge is 0.343 e. The monoisotopic (exact) mass is 432 g/mol. The molecule has 168 valence electrons. The summed E-state index contributed by atoms with van der Waals surface area (Å²) in [5.41, 5.74) is 5.49. The summed E-state index contributed by atoms with van der Waals surface area (Å²) in [7, 11) is 0. The Bertz CT molecular complexity index is 1090. The number of benzene rings is 2. The van der Waals surface area contributed by atoms with E-state index in [4.69, 9.17) is 4.74 Å². The molecule has 3 rings (SSSR count). The van der Waals surface area contributed by atoms with Crippen molar-refractivity contribution in [3.05, 3.63) is 94.1 Å². The largest absolute Gasteiger partial charge is 0.423 e. The summed E-state index contributed by atoms with van der Waals surface area (Å²) >= 11 is 0. The average molecular weight is 433 g/mol. The fourth-order valence-electron chi connectivity index (χ4n) is 4.69. The highest BCUT2D eigenvalue weighted by atomic mass is 19.1. The minimum absolute atomic E-state index is 0.0143. The fourth-order valence-corrected chi connectivity index (χ4v) is 4.69. The molecule has 2 aromatic rings. The molecule has 2 aromatic carbocycles. The molecule has 0 unspecified atom stereocenters. The van der Waals surface area contributed by atoms with Crippen molar-refractivity contribution in [1.82, 2.24) is 0 Å². The van der Waals surface area contributed by atoms with Crippen molar-refractivity contribution in [2.75, 3.05) is 0 Å². The third-order valence-electron chi connectivity index (χ3n) is 6.45. The van der Waals surface area contributed by atoms with Crippen molar-refractivity contribution in [2.24, 2.45) is 5.41 Å². The van der Waals surface area contributed by atoms with Crippen LogP contribution in [-0.4, -0.2) is 5.97 Å². The topological polar surface area (TPSA) is 26.3 Å². The summed E-state index contributed by atoms with van der Waals surface area (Å²) < 4.78 is 21.2. The minimum Gasteiger partial charge on any atom is -0.423 e. The molecule has 0 N–H and O–H groups in total. The number of carbonyl (C=O) groups excluding carboxylic acids is 1. The molecular weight excluding hydrogens is 399 g/mol. The molecule has 0 saturated heterocycles. The maximum Gasteiger partial charge on any atom is 0.343 e. The van der Waals surface area contributed by atoms with Crippen molar-refractivity contribution < 1.29 is 13.9 Å². The molecule has 0 heterocycles. The van der Waals surface area contributed by atoms with Crippen LogP contribution in [0.25, 0.3) is 5.83 Å². The molecule has 0 saturated carbocycles. The highest BCUT2D eigenvalue weighted by Gasteiger charge is 2.31. The first-order chi connectivity index (χ1) is 15.2. The van der Waals surface area contributed by atoms with Crippen molar-refractivity contribution in [3.8, 4) is 5.75 Å². The van der Waals surface area contributed by atoms with Gasteiger partial charge in [0.25, 0.3) is 0 Å². The Balaban J connectivity index is 1.93. The van der Waals surface area contributed by atoms with E-state index in [-0.39, 0.29) is 11.2 Å². The molecule has 0 fully saturated rings. The van der Waals surface area contributed by atoms with Crippen LogP contribution in [0.3, 0.4) is 0 Å². The second-order valence-electron chi connectivity index (χ2n) is 9.24. The predicted molar refractivity (Wildman–Crippen MR) is 130 cm³/mol. The molecule has 0 amide bonds. The van der Waals surface area contributed by atoms with Crippen molar-refractivity contribution in [2.45, 2.75) is 60.3 Å². The lowest BCUT2D eigenvalue weighted by Crippen LogP contribution is -2.22. The van der Waals surface area contributed by atoms with Gasteiger partial charge >= 0.3 is 5.97 Å². The molecule has 1 aliphatic rings. The number of halogens is 1. The second-order valence-corrected chi connectivity index (χ2v) is 9.24. The van der Waals surface area contributed by atoms with Crippen LogP contribution in [0.2, 0.25) is 0 Å². The third-order valence-corrected chi connectivity index (χ3v) is 6.45. The normalized spacial score (nSPS) is 16.4. The zero-order chi connectivity index (χ0) is 23.5. The van der Waals surface area contributed by atoms with Gasteiger partial charge in [-0.2, -0.15) is 0 Å². The summed E-state index contributed by atoms with van der Waals surface area (Å²) in [6.07, 6.45) is 3.86. The Labute approximate surface area is 191 Å². The Kier molecular flexibility index (Phi) is 7.18. The zero-order valence-electron chi connectivity index (χ0n) is 19.8. The number of hydrogen-bond acceptors (Lipinski definition) is 2. The lowest BCUT2D eigenvalue weighted by atomic mass is 9.69. The molecule has 32 heavy (non-hydrogen) atoms. The quantitative estimate of drug-likeness (QED) is 0.261. The maximum absolute atomic E-state index is 15.7. The van der Waals surface area contributed by atoms with Crippen LogP contribution in [0, 0.1) is 5.41 Å². The Morgan fingerprint density at radius 1 is 1.16 bits per heavy atom. The molecule has 2 nitrogen and oxygen atoms in total. The van der Waals surface area contributed by atoms with Gasteiger partial charge in [0, 0.05) is 5.56 Å². The van der Waals surface area contributed by atoms with Gasteiger partial charge in [-0.3, -0.25) is 0 Å². The third kappa shape index (κ3) is 4.93. The van der Waals surface area contributed by atoms with E-state index in [1.807, 2.05) is 25.1 Å². The van der Waals surface area contributed by atoms with Crippen LogP contribution >= 0.6 is 0 Å². The molecule has 3 heteroatoms. The van der Waals surface area contributed by atoms with Gasteiger partial charge in [-0.25, -0.2) is 9.18 Å². The Hall–Kier alpha value is -2.94. The molecule has 1 aliphatic carbocycles. The van der Waals surface area contributed by atoms with Gasteiger partial charge in [-0.05, 0) is 91.5 Å². The number of para-hydroxylation sites is 1. The number of aryl methyl sites for hydroxylation is 1. The SMILES string of the molecule is C=C(C(C)=C(F)c1ccc(C(=O)Oc2ccccc2)cc1CC)C1=C(C)CCCC1(C)C. The van der Waals surface area contributed by atoms with E-state index in [9.17, 15) is 4.79 Å². The average Bonchev–Trinajstić information content (AvgIpc) is 2.77. The molecular formula is C29H33FO2. The van der Waals surface area contributed by atoms with Gasteiger partial charge in [-0.1, -0.05) is 57.2 Å². The molecule has 0 atom stereocenters. The van der Waals surface area contributed by atoms with Crippen LogP contribution in [0.15, 0.2) is 77.4 Å². The lowest BCUT2D eigenvalue weighted by Gasteiger charge is -2.36. The zero-order valence-corrected chi connectivity index (χ0v) is 19.8. The van der Waals surface area contributed by atoms with E-state index in [0.717, 1.165) is 30.4 Å². The fraction of sp³-hybridized carbons (Fsp3) is 0.345. The second kappa shape index (κ2) is 9.68. The van der Waals surface area contributed by atoms with Crippen LogP contribution in [-0.2, 0) is 6.42 Å². The maximum atomic E-state index is 15.7. The van der Waals surface area contributed by atoms with Crippen LogP contribution < -0.4 is 4.74 Å². The number of allylic oxidation sites excluding steroid dienone is 4. The van der Waals surface area contributed by atoms with Gasteiger partial charge in [-0.15, -0.1) is 0 Å². The van der Waals surface area contributed by atoms with Crippen molar-refractivity contribution in [1.29, 1.82) is 0 Å². The first-order valence-electron chi connectivity index (χ1n) is 11.3. The molecule has 0 aliphatic heterocycles. The standard InChI is InChI=1S/C29H33FO2/c1-7-22-18-23(28(31)32-24-13-9-8-10-14-24)15-16-25(22)27(30)21(4)20(3)26-19(2)12-11-17-29(26,5)6/h8-10,13-16,18H,3,7,11-12,17H2,1-2,4-6H3. The number of carbonyl (C=O) groups is 1. The lowest BCUT2D eigenvalue weighted by molar-refractivity contribution is 0.0734. The van der Waals surface area contributed by atoms with Crippen LogP contribution in [0.1, 0.15) is 75.4 Å². The van der Waals surface area contributed by atoms with Gasteiger partial charge in [0.2, 0.25) is 0 Å². The predicted octanol–water partition coefficient (Wildman–Crippen LogP) is 8.25. The first kappa shape index (κ1) is 23.7. The number of hydrogen-bond donors (Lipinski definition) is 0. The van der Waals surface area contributed by atoms with E-state index in [0.29, 0.717) is 28.9 Å². The summed E-state index contributed by atoms with van der Waals surface area (Å²) in [6.45, 7) is 14.6. The molecule has 0 aromatic heterocycles. The van der Waals surface area contributed by atoms with Crippen molar-refractivity contribution in [3.63, 3.8) is 0 Å². The van der Waals surface area contributed by atoms with Crippen LogP contribution in [0.5, 0.6) is 5.75 Å².